The molecular weight excluding hydrogens is 759 g/mol. The largest absolute Gasteiger partial charge is 0.451 e. The van der Waals surface area contributed by atoms with Crippen molar-refractivity contribution in [2.75, 3.05) is 4.90 Å². The van der Waals surface area contributed by atoms with E-state index in [4.69, 9.17) is 32.9 Å². The summed E-state index contributed by atoms with van der Waals surface area (Å²) in [6, 6.07) is 18.4. The number of hydrogen-bond donors (Lipinski definition) is 0. The average Bonchev–Trinajstić information content (AvgIpc) is 3.67. The molecule has 46 heavy (non-hydrogen) atoms. The van der Waals surface area contributed by atoms with E-state index in [1.807, 2.05) is 6.92 Å². The summed E-state index contributed by atoms with van der Waals surface area (Å²) in [5.41, 5.74) is 3.41. The number of pyridine rings is 1. The lowest BCUT2D eigenvalue weighted by Gasteiger charge is -2.28. The second-order valence-corrected chi connectivity index (χ2v) is 15.1. The van der Waals surface area contributed by atoms with Crippen molar-refractivity contribution in [1.82, 2.24) is 4.98 Å². The fraction of sp³-hybridized carbons (Fsp3) is 0.286. The molecule has 0 N–H and O–H groups in total. The molecule has 3 aliphatic rings. The first kappa shape index (κ1) is 31.5. The number of fused-ring (bicyclic) bond motifs is 6. The van der Waals surface area contributed by atoms with Gasteiger partial charge in [0.2, 0.25) is 17.6 Å². The number of anilines is 1. The Bertz CT molecular complexity index is 1920. The van der Waals surface area contributed by atoms with Gasteiger partial charge in [0.25, 0.3) is 0 Å². The summed E-state index contributed by atoms with van der Waals surface area (Å²) < 4.78 is 5.67. The number of esters is 1. The smallest absolute Gasteiger partial charge is 0.339 e. The zero-order valence-electron chi connectivity index (χ0n) is 24.5. The Balaban J connectivity index is 1.20. The van der Waals surface area contributed by atoms with Crippen LogP contribution in [-0.4, -0.2) is 44.3 Å². The van der Waals surface area contributed by atoms with Crippen LogP contribution in [0.15, 0.2) is 66.7 Å². The van der Waals surface area contributed by atoms with Gasteiger partial charge < -0.3 is 4.74 Å². The molecular formula is C35H26Br2Cl2N2O5. The molecule has 0 spiro atoms. The molecule has 0 radical (unpaired) electrons. The highest BCUT2D eigenvalue weighted by Crippen LogP contribution is 2.60. The standard InChI is InChI=1S/C35H26Br2Cl2N2O5/c1-15-25(39)12-11-21-22(35(45)46-16(2)32(42)18-3-7-19(38)8-4-18)14-26(40-31(15)21)17-5-9-20(10-6-17)41-33(43)27-23-13-24(28(27)34(41)44)30(37)29(23)36/h3-12,14,16,23-24,27-30H,13H2,1-2H3. The summed E-state index contributed by atoms with van der Waals surface area (Å²) in [5.74, 6) is -1.73. The Hall–Kier alpha value is -3.11. The van der Waals surface area contributed by atoms with Gasteiger partial charge in [-0.1, -0.05) is 73.3 Å². The predicted molar refractivity (Wildman–Crippen MR) is 184 cm³/mol. The van der Waals surface area contributed by atoms with Crippen molar-refractivity contribution < 1.29 is 23.9 Å². The van der Waals surface area contributed by atoms with Crippen LogP contribution < -0.4 is 4.90 Å². The first-order valence-corrected chi connectivity index (χ1v) is 17.4. The lowest BCUT2D eigenvalue weighted by Crippen LogP contribution is -2.37. The molecule has 7 unspecified atom stereocenters. The summed E-state index contributed by atoms with van der Waals surface area (Å²) >= 11 is 19.9. The van der Waals surface area contributed by atoms with Crippen molar-refractivity contribution in [3.63, 3.8) is 0 Å². The number of carbonyl (C=O) groups excluding carboxylic acids is 4. The Morgan fingerprint density at radius 1 is 0.913 bits per heavy atom. The fourth-order valence-electron chi connectivity index (χ4n) is 7.23. The number of aryl methyl sites for hydroxylation is 1. The van der Waals surface area contributed by atoms with E-state index >= 15 is 0 Å². The quantitative estimate of drug-likeness (QED) is 0.0847. The van der Waals surface area contributed by atoms with E-state index in [1.165, 1.54) is 11.8 Å². The second kappa shape index (κ2) is 11.8. The number of ether oxygens (including phenoxy) is 1. The molecule has 234 valence electrons. The van der Waals surface area contributed by atoms with Crippen molar-refractivity contribution in [2.24, 2.45) is 23.7 Å². The second-order valence-electron chi connectivity index (χ2n) is 12.1. The molecule has 1 saturated heterocycles. The number of amides is 2. The number of rotatable bonds is 6. The first-order valence-electron chi connectivity index (χ1n) is 14.8. The van der Waals surface area contributed by atoms with E-state index in [0.717, 1.165) is 6.42 Å². The molecule has 7 atom stereocenters. The van der Waals surface area contributed by atoms with Crippen LogP contribution in [0.25, 0.3) is 22.2 Å². The van der Waals surface area contributed by atoms with Gasteiger partial charge in [0.05, 0.1) is 34.3 Å². The molecule has 11 heteroatoms. The summed E-state index contributed by atoms with van der Waals surface area (Å²) in [6.45, 7) is 3.34. The SMILES string of the molecule is Cc1c(Cl)ccc2c(C(=O)OC(C)C(=O)c3ccc(Cl)cc3)cc(-c3ccc(N4C(=O)C5C6CC(C(Br)C6Br)C5C4=O)cc3)nc12. The lowest BCUT2D eigenvalue weighted by molar-refractivity contribution is -0.123. The van der Waals surface area contributed by atoms with Crippen LogP contribution in [0, 0.1) is 30.6 Å². The fourth-order valence-corrected chi connectivity index (χ4v) is 9.38. The van der Waals surface area contributed by atoms with Gasteiger partial charge >= 0.3 is 5.97 Å². The number of imide groups is 1. The normalized spacial score (nSPS) is 25.7. The first-order chi connectivity index (χ1) is 22.0. The summed E-state index contributed by atoms with van der Waals surface area (Å²) in [4.78, 5) is 60.1. The highest BCUT2D eigenvalue weighted by Gasteiger charge is 2.66. The monoisotopic (exact) mass is 782 g/mol. The van der Waals surface area contributed by atoms with Gasteiger partial charge in [0.1, 0.15) is 0 Å². The minimum atomic E-state index is -1.06. The number of Topliss-reactive ketones (excluding diaryl/α,β-unsaturated/α-hetero) is 1. The highest BCUT2D eigenvalue weighted by molar-refractivity contribution is 9.12. The highest BCUT2D eigenvalue weighted by atomic mass is 79.9. The van der Waals surface area contributed by atoms with E-state index in [2.05, 4.69) is 31.9 Å². The van der Waals surface area contributed by atoms with Gasteiger partial charge in [-0.3, -0.25) is 19.3 Å². The summed E-state index contributed by atoms with van der Waals surface area (Å²) in [7, 11) is 0. The van der Waals surface area contributed by atoms with Gasteiger partial charge in [-0.15, -0.1) is 0 Å². The van der Waals surface area contributed by atoms with E-state index in [0.29, 0.717) is 49.0 Å². The third kappa shape index (κ3) is 5.02. The van der Waals surface area contributed by atoms with Crippen LogP contribution in [0.1, 0.15) is 39.6 Å². The topological polar surface area (TPSA) is 93.6 Å². The number of aromatic nitrogens is 1. The number of halogens is 4. The third-order valence-electron chi connectivity index (χ3n) is 9.58. The van der Waals surface area contributed by atoms with Crippen molar-refractivity contribution in [2.45, 2.75) is 36.0 Å². The number of nitrogens with zero attached hydrogens (tertiary/aromatic N) is 2. The van der Waals surface area contributed by atoms with Crippen LogP contribution in [0.4, 0.5) is 5.69 Å². The Morgan fingerprint density at radius 3 is 2.13 bits per heavy atom. The molecule has 1 aromatic heterocycles. The minimum Gasteiger partial charge on any atom is -0.451 e. The number of hydrogen-bond acceptors (Lipinski definition) is 6. The lowest BCUT2D eigenvalue weighted by atomic mass is 9.81. The van der Waals surface area contributed by atoms with Crippen LogP contribution in [0.3, 0.4) is 0 Å². The van der Waals surface area contributed by atoms with Crippen molar-refractivity contribution in [1.29, 1.82) is 0 Å². The molecule has 3 aromatic carbocycles. The summed E-state index contributed by atoms with van der Waals surface area (Å²) in [5, 5.41) is 1.51. The van der Waals surface area contributed by atoms with Crippen molar-refractivity contribution >= 4 is 95.2 Å². The van der Waals surface area contributed by atoms with Crippen molar-refractivity contribution in [3.05, 3.63) is 93.5 Å². The summed E-state index contributed by atoms with van der Waals surface area (Å²) in [6.07, 6.45) is -0.195. The van der Waals surface area contributed by atoms with Crippen LogP contribution in [0.2, 0.25) is 10.0 Å². The van der Waals surface area contributed by atoms with E-state index in [9.17, 15) is 19.2 Å². The molecule has 7 rings (SSSR count). The zero-order valence-corrected chi connectivity index (χ0v) is 29.2. The molecule has 2 bridgehead atoms. The number of alkyl halides is 2. The Labute approximate surface area is 291 Å². The average molecular weight is 785 g/mol. The molecule has 7 nitrogen and oxygen atoms in total. The molecule has 4 aromatic rings. The number of carbonyl (C=O) groups is 4. The number of benzene rings is 3. The molecule has 2 saturated carbocycles. The van der Waals surface area contributed by atoms with Crippen LogP contribution >= 0.6 is 55.1 Å². The Morgan fingerprint density at radius 2 is 1.52 bits per heavy atom. The Kier molecular flexibility index (Phi) is 8.11. The molecule has 1 aliphatic heterocycles. The molecule has 2 amide bonds. The van der Waals surface area contributed by atoms with Gasteiger partial charge in [-0.2, -0.15) is 0 Å². The maximum Gasteiger partial charge on any atom is 0.339 e. The van der Waals surface area contributed by atoms with Crippen LogP contribution in [0.5, 0.6) is 0 Å². The van der Waals surface area contributed by atoms with Gasteiger partial charge in [0, 0.05) is 36.2 Å². The maximum atomic E-state index is 13.6. The zero-order chi connectivity index (χ0) is 32.6. The van der Waals surface area contributed by atoms with Gasteiger partial charge in [-0.25, -0.2) is 9.78 Å². The van der Waals surface area contributed by atoms with E-state index in [-0.39, 0.29) is 56.5 Å². The van der Waals surface area contributed by atoms with Crippen molar-refractivity contribution in [3.8, 4) is 11.3 Å². The van der Waals surface area contributed by atoms with E-state index in [1.54, 1.807) is 66.7 Å². The van der Waals surface area contributed by atoms with Gasteiger partial charge in [-0.05, 0) is 86.2 Å². The van der Waals surface area contributed by atoms with E-state index < -0.39 is 12.1 Å². The molecule has 3 fully saturated rings. The third-order valence-corrected chi connectivity index (χ3v) is 13.4. The molecule has 2 heterocycles. The minimum absolute atomic E-state index is 0.124. The molecule has 2 aliphatic carbocycles. The van der Waals surface area contributed by atoms with Gasteiger partial charge in [0.15, 0.2) is 6.10 Å². The number of ketones is 1. The maximum absolute atomic E-state index is 13.6. The van der Waals surface area contributed by atoms with Crippen LogP contribution in [-0.2, 0) is 14.3 Å². The predicted octanol–water partition coefficient (Wildman–Crippen LogP) is 8.23.